The summed E-state index contributed by atoms with van der Waals surface area (Å²) in [6.07, 6.45) is 0. The van der Waals surface area contributed by atoms with Gasteiger partial charge in [-0.15, -0.1) is 0 Å². The standard InChI is InChI=1S/C26H33N5O11S/c27-43(39,40)21-7-3-19(4-8-21)26(38)29-10-12-42-14-13-41-11-9-28-25(37)18-1-5-20(6-2-18)30-22(32)15-31(16-23(33)34)17-24(35)36/h1-8H,9-17H2,(H,28,37)(H,29,38)(H,30,32)(H,33,34)(H,35,36)(H2,27,39,40). The van der Waals surface area contributed by atoms with Crippen molar-refractivity contribution in [3.8, 4) is 0 Å². The number of sulfonamides is 1. The summed E-state index contributed by atoms with van der Waals surface area (Å²) in [6.45, 7) is -0.262. The monoisotopic (exact) mass is 623 g/mol. The Kier molecular flexibility index (Phi) is 14.2. The molecule has 0 aromatic heterocycles. The molecule has 3 amide bonds. The summed E-state index contributed by atoms with van der Waals surface area (Å²) in [5, 5.41) is 30.5. The van der Waals surface area contributed by atoms with E-state index < -0.39 is 53.4 Å². The average molecular weight is 624 g/mol. The van der Waals surface area contributed by atoms with Crippen LogP contribution in [-0.2, 0) is 33.9 Å². The van der Waals surface area contributed by atoms with Gasteiger partial charge in [0.1, 0.15) is 0 Å². The van der Waals surface area contributed by atoms with Gasteiger partial charge in [-0.1, -0.05) is 0 Å². The summed E-state index contributed by atoms with van der Waals surface area (Å²) in [4.78, 5) is 59.1. The van der Waals surface area contributed by atoms with Gasteiger partial charge in [-0.05, 0) is 48.5 Å². The summed E-state index contributed by atoms with van der Waals surface area (Å²) >= 11 is 0. The number of anilines is 1. The first kappa shape index (κ1) is 34.8. The Morgan fingerprint density at radius 3 is 1.56 bits per heavy atom. The van der Waals surface area contributed by atoms with Crippen LogP contribution in [0.2, 0.25) is 0 Å². The van der Waals surface area contributed by atoms with Gasteiger partial charge in [0.15, 0.2) is 0 Å². The number of carbonyl (C=O) groups excluding carboxylic acids is 3. The van der Waals surface area contributed by atoms with E-state index in [2.05, 4.69) is 16.0 Å². The number of carboxylic acids is 2. The van der Waals surface area contributed by atoms with Crippen molar-refractivity contribution < 1.29 is 52.1 Å². The summed E-state index contributed by atoms with van der Waals surface area (Å²) in [5.74, 6) is -3.91. The van der Waals surface area contributed by atoms with Gasteiger partial charge in [0, 0.05) is 29.9 Å². The van der Waals surface area contributed by atoms with E-state index in [9.17, 15) is 32.4 Å². The third-order valence-corrected chi connectivity index (χ3v) is 6.33. The van der Waals surface area contributed by atoms with E-state index in [0.717, 1.165) is 4.90 Å². The molecule has 0 aliphatic rings. The van der Waals surface area contributed by atoms with Gasteiger partial charge < -0.3 is 35.6 Å². The molecule has 0 unspecified atom stereocenters. The Morgan fingerprint density at radius 2 is 1.14 bits per heavy atom. The van der Waals surface area contributed by atoms with Crippen LogP contribution in [0.25, 0.3) is 0 Å². The molecule has 2 rings (SSSR count). The fourth-order valence-corrected chi connectivity index (χ4v) is 3.97. The molecule has 16 nitrogen and oxygen atoms in total. The Hall–Kier alpha value is -4.42. The summed E-state index contributed by atoms with van der Waals surface area (Å²) in [7, 11) is -3.83. The molecular weight excluding hydrogens is 590 g/mol. The number of carboxylic acid groups (broad SMARTS) is 2. The number of benzene rings is 2. The Labute approximate surface area is 247 Å². The number of hydrogen-bond acceptors (Lipinski definition) is 10. The minimum atomic E-state index is -3.83. The summed E-state index contributed by atoms with van der Waals surface area (Å²) < 4.78 is 33.3. The Balaban J connectivity index is 1.57. The van der Waals surface area contributed by atoms with E-state index in [1.165, 1.54) is 48.5 Å². The number of primary sulfonamides is 1. The van der Waals surface area contributed by atoms with Gasteiger partial charge in [0.25, 0.3) is 11.8 Å². The Bertz CT molecular complexity index is 1350. The fourth-order valence-electron chi connectivity index (χ4n) is 3.45. The van der Waals surface area contributed by atoms with Gasteiger partial charge >= 0.3 is 11.9 Å². The number of nitrogens with zero attached hydrogens (tertiary/aromatic N) is 1. The van der Waals surface area contributed by atoms with E-state index in [0.29, 0.717) is 11.3 Å². The van der Waals surface area contributed by atoms with Gasteiger partial charge in [0.2, 0.25) is 15.9 Å². The minimum absolute atomic E-state index is 0.0911. The highest BCUT2D eigenvalue weighted by Crippen LogP contribution is 2.10. The predicted octanol–water partition coefficient (Wildman–Crippen LogP) is -1.06. The highest BCUT2D eigenvalue weighted by Gasteiger charge is 2.17. The first-order valence-electron chi connectivity index (χ1n) is 12.8. The number of nitrogens with one attached hydrogen (secondary N) is 3. The van der Waals surface area contributed by atoms with Gasteiger partial charge in [0.05, 0.1) is 51.0 Å². The molecule has 2 aromatic rings. The highest BCUT2D eigenvalue weighted by atomic mass is 32.2. The molecule has 7 N–H and O–H groups in total. The third-order valence-electron chi connectivity index (χ3n) is 5.40. The van der Waals surface area contributed by atoms with Crippen LogP contribution >= 0.6 is 0 Å². The lowest BCUT2D eigenvalue weighted by atomic mass is 10.2. The van der Waals surface area contributed by atoms with Crippen LogP contribution in [0.4, 0.5) is 5.69 Å². The topological polar surface area (TPSA) is 244 Å². The van der Waals surface area contributed by atoms with E-state index >= 15 is 0 Å². The molecular formula is C26H33N5O11S. The summed E-state index contributed by atoms with van der Waals surface area (Å²) in [6, 6.07) is 11.1. The number of aliphatic carboxylic acids is 2. The van der Waals surface area contributed by atoms with Crippen molar-refractivity contribution in [3.05, 3.63) is 59.7 Å². The van der Waals surface area contributed by atoms with E-state index in [-0.39, 0.29) is 55.9 Å². The summed E-state index contributed by atoms with van der Waals surface area (Å²) in [5.41, 5.74) is 0.937. The zero-order valence-corrected chi connectivity index (χ0v) is 23.8. The maximum Gasteiger partial charge on any atom is 0.317 e. The van der Waals surface area contributed by atoms with Gasteiger partial charge in [-0.3, -0.25) is 28.9 Å². The van der Waals surface area contributed by atoms with Crippen molar-refractivity contribution in [3.63, 3.8) is 0 Å². The van der Waals surface area contributed by atoms with Crippen molar-refractivity contribution in [1.82, 2.24) is 15.5 Å². The van der Waals surface area contributed by atoms with Gasteiger partial charge in [-0.25, -0.2) is 13.6 Å². The number of nitrogens with two attached hydrogens (primary N) is 1. The average Bonchev–Trinajstić information content (AvgIpc) is 2.93. The number of amides is 3. The van der Waals surface area contributed by atoms with Crippen LogP contribution in [0.3, 0.4) is 0 Å². The predicted molar refractivity (Wildman–Crippen MR) is 151 cm³/mol. The molecule has 0 saturated carbocycles. The molecule has 0 spiro atoms. The molecule has 0 fully saturated rings. The second kappa shape index (κ2) is 17.5. The zero-order chi connectivity index (χ0) is 31.8. The van der Waals surface area contributed by atoms with Gasteiger partial charge in [-0.2, -0.15) is 0 Å². The van der Waals surface area contributed by atoms with E-state index in [4.69, 9.17) is 24.8 Å². The van der Waals surface area contributed by atoms with Crippen LogP contribution in [-0.4, -0.2) is 112 Å². The second-order valence-electron chi connectivity index (χ2n) is 8.86. The van der Waals surface area contributed by atoms with Crippen molar-refractivity contribution in [2.45, 2.75) is 4.90 Å². The van der Waals surface area contributed by atoms with Crippen molar-refractivity contribution in [2.75, 3.05) is 64.5 Å². The molecule has 0 saturated heterocycles. The number of carbonyl (C=O) groups is 5. The molecule has 0 atom stereocenters. The molecule has 234 valence electrons. The first-order chi connectivity index (χ1) is 20.3. The molecule has 43 heavy (non-hydrogen) atoms. The lowest BCUT2D eigenvalue weighted by molar-refractivity contribution is -0.142. The Morgan fingerprint density at radius 1 is 0.698 bits per heavy atom. The lowest BCUT2D eigenvalue weighted by Gasteiger charge is -2.17. The largest absolute Gasteiger partial charge is 0.480 e. The third kappa shape index (κ3) is 13.9. The van der Waals surface area contributed by atoms with Crippen LogP contribution in [0.5, 0.6) is 0 Å². The van der Waals surface area contributed by atoms with Crippen LogP contribution in [0, 0.1) is 0 Å². The molecule has 17 heteroatoms. The lowest BCUT2D eigenvalue weighted by Crippen LogP contribution is -2.40. The number of ether oxygens (including phenoxy) is 2. The number of hydrogen-bond donors (Lipinski definition) is 6. The number of rotatable bonds is 19. The molecule has 0 bridgehead atoms. The molecule has 0 aliphatic heterocycles. The van der Waals surface area contributed by atoms with Crippen LogP contribution in [0.15, 0.2) is 53.4 Å². The van der Waals surface area contributed by atoms with Crippen molar-refractivity contribution >= 4 is 45.4 Å². The van der Waals surface area contributed by atoms with E-state index in [1.807, 2.05) is 0 Å². The van der Waals surface area contributed by atoms with Crippen molar-refractivity contribution in [1.29, 1.82) is 0 Å². The smallest absolute Gasteiger partial charge is 0.317 e. The maximum atomic E-state index is 12.3. The van der Waals surface area contributed by atoms with Crippen molar-refractivity contribution in [2.24, 2.45) is 5.14 Å². The molecule has 0 heterocycles. The molecule has 0 aliphatic carbocycles. The second-order valence-corrected chi connectivity index (χ2v) is 10.4. The molecule has 0 radical (unpaired) electrons. The van der Waals surface area contributed by atoms with Crippen LogP contribution in [0.1, 0.15) is 20.7 Å². The van der Waals surface area contributed by atoms with Crippen LogP contribution < -0.4 is 21.1 Å². The molecule has 2 aromatic carbocycles. The van der Waals surface area contributed by atoms with E-state index in [1.54, 1.807) is 0 Å². The SMILES string of the molecule is NS(=O)(=O)c1ccc(C(=O)NCCOCCOCCNC(=O)c2ccc(NC(=O)CN(CC(=O)O)CC(=O)O)cc2)cc1. The quantitative estimate of drug-likeness (QED) is 0.103. The zero-order valence-electron chi connectivity index (χ0n) is 23.0. The normalized spacial score (nSPS) is 11.1. The minimum Gasteiger partial charge on any atom is -0.480 e. The first-order valence-corrected chi connectivity index (χ1v) is 14.3. The highest BCUT2D eigenvalue weighted by molar-refractivity contribution is 7.89. The maximum absolute atomic E-state index is 12.3. The fraction of sp³-hybridized carbons (Fsp3) is 0.346.